The van der Waals surface area contributed by atoms with Crippen molar-refractivity contribution in [3.05, 3.63) is 44.3 Å². The molecule has 1 aromatic heterocycles. The zero-order valence-corrected chi connectivity index (χ0v) is 12.0. The van der Waals surface area contributed by atoms with Gasteiger partial charge in [-0.05, 0) is 39.7 Å². The van der Waals surface area contributed by atoms with Crippen molar-refractivity contribution in [2.24, 2.45) is 12.8 Å². The third-order valence-electron chi connectivity index (χ3n) is 2.37. The van der Waals surface area contributed by atoms with Crippen LogP contribution in [0.25, 0.3) is 0 Å². The minimum atomic E-state index is -0.489. The first-order chi connectivity index (χ1) is 7.99. The molecule has 17 heavy (non-hydrogen) atoms. The molecule has 0 aliphatic rings. The van der Waals surface area contributed by atoms with Crippen LogP contribution >= 0.6 is 31.9 Å². The molecule has 0 spiro atoms. The molecule has 0 bridgehead atoms. The molecular formula is C10H9Br2FN4. The molecule has 1 unspecified atom stereocenters. The standard InChI is InChI=1S/C10H9Br2FN4/c1-17-9(10(12)15-16-17)8(14)5-2-6(11)4-7(13)3-5/h2-4,8H,14H2,1H3. The maximum atomic E-state index is 13.3. The van der Waals surface area contributed by atoms with Crippen LogP contribution in [0.5, 0.6) is 0 Å². The molecule has 0 aliphatic carbocycles. The van der Waals surface area contributed by atoms with Crippen LogP contribution in [0.15, 0.2) is 27.3 Å². The lowest BCUT2D eigenvalue weighted by molar-refractivity contribution is 0.616. The summed E-state index contributed by atoms with van der Waals surface area (Å²) < 4.78 is 16.1. The summed E-state index contributed by atoms with van der Waals surface area (Å²) in [6.45, 7) is 0. The van der Waals surface area contributed by atoms with Gasteiger partial charge in [0.05, 0.1) is 11.7 Å². The average molecular weight is 364 g/mol. The molecule has 0 saturated heterocycles. The van der Waals surface area contributed by atoms with Crippen LogP contribution < -0.4 is 5.73 Å². The van der Waals surface area contributed by atoms with E-state index in [9.17, 15) is 4.39 Å². The lowest BCUT2D eigenvalue weighted by atomic mass is 10.1. The molecule has 0 fully saturated rings. The smallest absolute Gasteiger partial charge is 0.153 e. The first kappa shape index (κ1) is 12.7. The van der Waals surface area contributed by atoms with E-state index in [1.807, 2.05) is 0 Å². The zero-order valence-electron chi connectivity index (χ0n) is 8.86. The molecule has 2 N–H and O–H groups in total. The van der Waals surface area contributed by atoms with Crippen LogP contribution in [0, 0.1) is 5.82 Å². The fourth-order valence-corrected chi connectivity index (χ4v) is 2.64. The second-order valence-corrected chi connectivity index (χ2v) is 5.24. The van der Waals surface area contributed by atoms with E-state index in [4.69, 9.17) is 5.73 Å². The number of aryl methyl sites for hydroxylation is 1. The summed E-state index contributed by atoms with van der Waals surface area (Å²) in [5.41, 5.74) is 7.43. The molecule has 7 heteroatoms. The Balaban J connectivity index is 2.47. The second kappa shape index (κ2) is 4.83. The van der Waals surface area contributed by atoms with Gasteiger partial charge in [-0.2, -0.15) is 0 Å². The molecule has 0 aliphatic heterocycles. The van der Waals surface area contributed by atoms with E-state index in [0.29, 0.717) is 20.3 Å². The fraction of sp³-hybridized carbons (Fsp3) is 0.200. The van der Waals surface area contributed by atoms with Crippen molar-refractivity contribution < 1.29 is 4.39 Å². The number of benzene rings is 1. The monoisotopic (exact) mass is 362 g/mol. The molecular weight excluding hydrogens is 355 g/mol. The van der Waals surface area contributed by atoms with Gasteiger partial charge < -0.3 is 5.73 Å². The molecule has 2 rings (SSSR count). The van der Waals surface area contributed by atoms with Gasteiger partial charge in [0.15, 0.2) is 4.60 Å². The van der Waals surface area contributed by atoms with E-state index in [0.717, 1.165) is 0 Å². The van der Waals surface area contributed by atoms with Gasteiger partial charge in [0, 0.05) is 11.5 Å². The third kappa shape index (κ3) is 2.56. The second-order valence-electron chi connectivity index (χ2n) is 3.57. The minimum absolute atomic E-state index is 0.337. The molecule has 4 nitrogen and oxygen atoms in total. The molecule has 1 aromatic carbocycles. The van der Waals surface area contributed by atoms with Crippen LogP contribution in [-0.2, 0) is 7.05 Å². The summed E-state index contributed by atoms with van der Waals surface area (Å²) in [6, 6.07) is 4.06. The molecule has 0 saturated carbocycles. The van der Waals surface area contributed by atoms with Crippen LogP contribution in [0.4, 0.5) is 4.39 Å². The van der Waals surface area contributed by atoms with Gasteiger partial charge in [-0.25, -0.2) is 9.07 Å². The maximum absolute atomic E-state index is 13.3. The van der Waals surface area contributed by atoms with E-state index in [2.05, 4.69) is 42.2 Å². The van der Waals surface area contributed by atoms with Crippen molar-refractivity contribution in [3.63, 3.8) is 0 Å². The summed E-state index contributed by atoms with van der Waals surface area (Å²) in [4.78, 5) is 0. The Morgan fingerprint density at radius 3 is 2.59 bits per heavy atom. The van der Waals surface area contributed by atoms with Gasteiger partial charge in [-0.3, -0.25) is 0 Å². The molecule has 1 atom stereocenters. The van der Waals surface area contributed by atoms with Gasteiger partial charge in [0.1, 0.15) is 5.82 Å². The Hall–Kier alpha value is -0.790. The molecule has 0 amide bonds. The lowest BCUT2D eigenvalue weighted by Crippen LogP contribution is -2.16. The normalized spacial score (nSPS) is 12.8. The predicted octanol–water partition coefficient (Wildman–Crippen LogP) is 2.53. The zero-order chi connectivity index (χ0) is 12.6. The van der Waals surface area contributed by atoms with Crippen molar-refractivity contribution in [1.82, 2.24) is 15.0 Å². The summed E-state index contributed by atoms with van der Waals surface area (Å²) >= 11 is 6.51. The number of rotatable bonds is 2. The number of halogens is 3. The number of aromatic nitrogens is 3. The van der Waals surface area contributed by atoms with Crippen LogP contribution in [0.1, 0.15) is 17.3 Å². The van der Waals surface area contributed by atoms with Crippen LogP contribution in [0.3, 0.4) is 0 Å². The van der Waals surface area contributed by atoms with Gasteiger partial charge in [0.2, 0.25) is 0 Å². The maximum Gasteiger partial charge on any atom is 0.153 e. The van der Waals surface area contributed by atoms with Gasteiger partial charge in [-0.1, -0.05) is 21.1 Å². The van der Waals surface area contributed by atoms with Crippen molar-refractivity contribution in [1.29, 1.82) is 0 Å². The SMILES string of the molecule is Cn1nnc(Br)c1C(N)c1cc(F)cc(Br)c1. The number of nitrogens with two attached hydrogens (primary N) is 1. The molecule has 2 aromatic rings. The van der Waals surface area contributed by atoms with E-state index in [-0.39, 0.29) is 5.82 Å². The summed E-state index contributed by atoms with van der Waals surface area (Å²) in [7, 11) is 1.74. The predicted molar refractivity (Wildman–Crippen MR) is 68.8 cm³/mol. The Kier molecular flexibility index (Phi) is 3.60. The van der Waals surface area contributed by atoms with E-state index in [1.165, 1.54) is 12.1 Å². The highest BCUT2D eigenvalue weighted by Crippen LogP contribution is 2.27. The summed E-state index contributed by atoms with van der Waals surface area (Å²) in [6.07, 6.45) is 0. The fourth-order valence-electron chi connectivity index (χ4n) is 1.58. The van der Waals surface area contributed by atoms with Gasteiger partial charge in [0.25, 0.3) is 0 Å². The molecule has 0 radical (unpaired) electrons. The topological polar surface area (TPSA) is 56.7 Å². The van der Waals surface area contributed by atoms with Crippen LogP contribution in [0.2, 0.25) is 0 Å². The Morgan fingerprint density at radius 2 is 2.06 bits per heavy atom. The number of hydrogen-bond acceptors (Lipinski definition) is 3. The van der Waals surface area contributed by atoms with Crippen molar-refractivity contribution in [2.75, 3.05) is 0 Å². The van der Waals surface area contributed by atoms with Gasteiger partial charge >= 0.3 is 0 Å². The Labute approximate surface area is 114 Å². The number of hydrogen-bond donors (Lipinski definition) is 1. The summed E-state index contributed by atoms with van der Waals surface area (Å²) in [5.74, 6) is -0.337. The minimum Gasteiger partial charge on any atom is -0.319 e. The third-order valence-corrected chi connectivity index (χ3v) is 3.39. The van der Waals surface area contributed by atoms with Crippen molar-refractivity contribution in [2.45, 2.75) is 6.04 Å². The van der Waals surface area contributed by atoms with E-state index >= 15 is 0 Å². The highest BCUT2D eigenvalue weighted by molar-refractivity contribution is 9.10. The quantitative estimate of drug-likeness (QED) is 0.891. The average Bonchev–Trinajstić information content (AvgIpc) is 2.56. The number of nitrogens with zero attached hydrogens (tertiary/aromatic N) is 3. The highest BCUT2D eigenvalue weighted by atomic mass is 79.9. The van der Waals surface area contributed by atoms with Crippen LogP contribution in [-0.4, -0.2) is 15.0 Å². The van der Waals surface area contributed by atoms with E-state index < -0.39 is 6.04 Å². The largest absolute Gasteiger partial charge is 0.319 e. The Bertz CT molecular complexity index is 515. The first-order valence-corrected chi connectivity index (χ1v) is 6.34. The summed E-state index contributed by atoms with van der Waals surface area (Å²) in [5, 5.41) is 7.69. The highest BCUT2D eigenvalue weighted by Gasteiger charge is 2.19. The molecule has 90 valence electrons. The van der Waals surface area contributed by atoms with E-state index in [1.54, 1.807) is 17.8 Å². The van der Waals surface area contributed by atoms with Gasteiger partial charge in [-0.15, -0.1) is 5.10 Å². The first-order valence-electron chi connectivity index (χ1n) is 4.75. The molecule has 1 heterocycles. The Morgan fingerprint density at radius 1 is 1.35 bits per heavy atom. The van der Waals surface area contributed by atoms with Crippen molar-refractivity contribution >= 4 is 31.9 Å². The van der Waals surface area contributed by atoms with Crippen molar-refractivity contribution in [3.8, 4) is 0 Å². The lowest BCUT2D eigenvalue weighted by Gasteiger charge is -2.13.